The summed E-state index contributed by atoms with van der Waals surface area (Å²) in [7, 11) is -3.82. The Morgan fingerprint density at radius 1 is 1.47 bits per heavy atom. The Hall–Kier alpha value is -0.910. The quantitative estimate of drug-likeness (QED) is 0.659. The van der Waals surface area contributed by atoms with Crippen molar-refractivity contribution in [2.75, 3.05) is 12.4 Å². The van der Waals surface area contributed by atoms with Crippen molar-refractivity contribution < 1.29 is 22.3 Å². The summed E-state index contributed by atoms with van der Waals surface area (Å²) in [6.07, 6.45) is 1.85. The summed E-state index contributed by atoms with van der Waals surface area (Å²) in [4.78, 5) is 10.3. The first kappa shape index (κ1) is 14.1. The third-order valence-electron chi connectivity index (χ3n) is 1.59. The van der Waals surface area contributed by atoms with Gasteiger partial charge in [0.25, 0.3) is 0 Å². The number of unbranched alkanes of at least 4 members (excludes halogenated alkanes) is 1. The maximum absolute atomic E-state index is 13.0. The van der Waals surface area contributed by atoms with Crippen molar-refractivity contribution in [3.8, 4) is 0 Å². The fraction of sp³-hybridized carbons (Fsp3) is 0.667. The van der Waals surface area contributed by atoms with E-state index < -0.39 is 21.0 Å². The van der Waals surface area contributed by atoms with Crippen molar-refractivity contribution in [3.05, 3.63) is 11.2 Å². The summed E-state index contributed by atoms with van der Waals surface area (Å²) in [5.41, 5.74) is 0. The largest absolute Gasteiger partial charge is 0.461 e. The molecule has 0 amide bonds. The molecule has 0 aromatic carbocycles. The van der Waals surface area contributed by atoms with Gasteiger partial charge in [-0.2, -0.15) is 4.39 Å². The van der Waals surface area contributed by atoms with Crippen molar-refractivity contribution in [1.82, 2.24) is 0 Å². The highest BCUT2D eigenvalue weighted by molar-refractivity contribution is 7.95. The average molecular weight is 238 g/mol. The number of rotatable bonds is 6. The SMILES string of the molecule is CCCCS(=O)(=O)/C(F)=C/COC(C)=O. The smallest absolute Gasteiger partial charge is 0.302 e. The summed E-state index contributed by atoms with van der Waals surface area (Å²) in [6.45, 7) is 2.62. The van der Waals surface area contributed by atoms with Gasteiger partial charge in [-0.15, -0.1) is 0 Å². The van der Waals surface area contributed by atoms with Crippen LogP contribution in [-0.2, 0) is 19.4 Å². The topological polar surface area (TPSA) is 60.4 Å². The minimum absolute atomic E-state index is 0.216. The van der Waals surface area contributed by atoms with Gasteiger partial charge in [0.05, 0.1) is 5.75 Å². The minimum Gasteiger partial charge on any atom is -0.461 e. The molecule has 0 unspecified atom stereocenters. The highest BCUT2D eigenvalue weighted by atomic mass is 32.2. The van der Waals surface area contributed by atoms with Crippen molar-refractivity contribution in [2.45, 2.75) is 26.7 Å². The number of halogens is 1. The molecule has 0 spiro atoms. The zero-order valence-electron chi connectivity index (χ0n) is 8.82. The Bertz CT molecular complexity index is 332. The van der Waals surface area contributed by atoms with Gasteiger partial charge in [0.15, 0.2) is 0 Å². The van der Waals surface area contributed by atoms with E-state index in [0.717, 1.165) is 13.0 Å². The predicted molar refractivity (Wildman–Crippen MR) is 54.5 cm³/mol. The van der Waals surface area contributed by atoms with E-state index in [0.29, 0.717) is 12.8 Å². The molecule has 0 aliphatic carbocycles. The van der Waals surface area contributed by atoms with Crippen molar-refractivity contribution in [2.24, 2.45) is 0 Å². The van der Waals surface area contributed by atoms with Crippen LogP contribution in [0, 0.1) is 0 Å². The van der Waals surface area contributed by atoms with Crippen LogP contribution in [0.5, 0.6) is 0 Å². The summed E-state index contributed by atoms with van der Waals surface area (Å²) in [5.74, 6) is -0.795. The molecule has 0 N–H and O–H groups in total. The lowest BCUT2D eigenvalue weighted by atomic mass is 10.4. The lowest BCUT2D eigenvalue weighted by Gasteiger charge is -2.00. The lowest BCUT2D eigenvalue weighted by Crippen LogP contribution is -2.07. The Labute approximate surface area is 89.0 Å². The van der Waals surface area contributed by atoms with Gasteiger partial charge in [-0.1, -0.05) is 13.3 Å². The molecule has 6 heteroatoms. The molecule has 0 radical (unpaired) electrons. The first-order valence-electron chi connectivity index (χ1n) is 4.62. The van der Waals surface area contributed by atoms with Crippen molar-refractivity contribution >= 4 is 15.8 Å². The van der Waals surface area contributed by atoms with E-state index in [-0.39, 0.29) is 12.4 Å². The van der Waals surface area contributed by atoms with Crippen LogP contribution in [0.25, 0.3) is 0 Å². The van der Waals surface area contributed by atoms with Crippen LogP contribution in [0.3, 0.4) is 0 Å². The molecule has 4 nitrogen and oxygen atoms in total. The Balaban J connectivity index is 4.28. The molecule has 0 atom stereocenters. The molecule has 0 aromatic heterocycles. The van der Waals surface area contributed by atoms with Gasteiger partial charge in [0, 0.05) is 13.0 Å². The van der Waals surface area contributed by atoms with Gasteiger partial charge in [-0.05, 0) is 6.42 Å². The molecule has 0 saturated heterocycles. The summed E-state index contributed by atoms with van der Waals surface area (Å²) in [5, 5.41) is -1.22. The Kier molecular flexibility index (Phi) is 6.15. The molecule has 0 aliphatic rings. The third kappa shape index (κ3) is 6.22. The number of sulfone groups is 1. The summed E-state index contributed by atoms with van der Waals surface area (Å²) < 4.78 is 39.8. The van der Waals surface area contributed by atoms with Gasteiger partial charge in [-0.25, -0.2) is 8.42 Å². The molecular formula is C9H15FO4S. The van der Waals surface area contributed by atoms with Gasteiger partial charge in [0.2, 0.25) is 15.0 Å². The Morgan fingerprint density at radius 3 is 2.53 bits per heavy atom. The van der Waals surface area contributed by atoms with Gasteiger partial charge < -0.3 is 4.74 Å². The fourth-order valence-electron chi connectivity index (χ4n) is 0.783. The van der Waals surface area contributed by atoms with Crippen LogP contribution in [0.2, 0.25) is 0 Å². The van der Waals surface area contributed by atoms with E-state index in [1.807, 2.05) is 6.92 Å². The van der Waals surface area contributed by atoms with E-state index in [4.69, 9.17) is 0 Å². The molecule has 0 rings (SSSR count). The van der Waals surface area contributed by atoms with Crippen LogP contribution in [-0.4, -0.2) is 26.7 Å². The molecule has 0 fully saturated rings. The van der Waals surface area contributed by atoms with Crippen LogP contribution < -0.4 is 0 Å². The molecule has 0 aliphatic heterocycles. The molecule has 0 saturated carbocycles. The van der Waals surface area contributed by atoms with Crippen LogP contribution >= 0.6 is 0 Å². The first-order valence-corrected chi connectivity index (χ1v) is 6.27. The third-order valence-corrected chi connectivity index (χ3v) is 3.18. The monoisotopic (exact) mass is 238 g/mol. The summed E-state index contributed by atoms with van der Waals surface area (Å²) >= 11 is 0. The average Bonchev–Trinajstić information content (AvgIpc) is 2.14. The second-order valence-corrected chi connectivity index (χ2v) is 5.01. The van der Waals surface area contributed by atoms with Crippen molar-refractivity contribution in [3.63, 3.8) is 0 Å². The number of ether oxygens (including phenoxy) is 1. The molecule has 0 aromatic rings. The molecule has 15 heavy (non-hydrogen) atoms. The maximum Gasteiger partial charge on any atom is 0.302 e. The highest BCUT2D eigenvalue weighted by Gasteiger charge is 2.16. The van der Waals surface area contributed by atoms with Gasteiger partial charge >= 0.3 is 5.97 Å². The zero-order valence-corrected chi connectivity index (χ0v) is 9.64. The van der Waals surface area contributed by atoms with Crippen LogP contribution in [0.15, 0.2) is 11.2 Å². The molecule has 0 heterocycles. The van der Waals surface area contributed by atoms with Gasteiger partial charge in [-0.3, -0.25) is 4.79 Å². The van der Waals surface area contributed by atoms with E-state index in [2.05, 4.69) is 4.74 Å². The molecule has 88 valence electrons. The van der Waals surface area contributed by atoms with E-state index >= 15 is 0 Å². The molecule has 0 bridgehead atoms. The first-order chi connectivity index (χ1) is 6.90. The van der Waals surface area contributed by atoms with Crippen LogP contribution in [0.4, 0.5) is 4.39 Å². The van der Waals surface area contributed by atoms with E-state index in [1.54, 1.807) is 0 Å². The fourth-order valence-corrected chi connectivity index (χ4v) is 1.97. The number of hydrogen-bond acceptors (Lipinski definition) is 4. The standard InChI is InChI=1S/C9H15FO4S/c1-3-4-7-15(12,13)9(10)5-6-14-8(2)11/h5H,3-4,6-7H2,1-2H3/b9-5+. The van der Waals surface area contributed by atoms with E-state index in [1.165, 1.54) is 0 Å². The number of carbonyl (C=O) groups is 1. The number of hydrogen-bond donors (Lipinski definition) is 0. The maximum atomic E-state index is 13.0. The predicted octanol–water partition coefficient (Wildman–Crippen LogP) is 1.58. The molecular weight excluding hydrogens is 223 g/mol. The number of esters is 1. The highest BCUT2D eigenvalue weighted by Crippen LogP contribution is 2.11. The van der Waals surface area contributed by atoms with E-state index in [9.17, 15) is 17.6 Å². The lowest BCUT2D eigenvalue weighted by molar-refractivity contribution is -0.139. The van der Waals surface area contributed by atoms with Crippen molar-refractivity contribution in [1.29, 1.82) is 0 Å². The summed E-state index contributed by atoms with van der Waals surface area (Å²) in [6, 6.07) is 0. The minimum atomic E-state index is -3.82. The van der Waals surface area contributed by atoms with Gasteiger partial charge in [0.1, 0.15) is 6.61 Å². The Morgan fingerprint density at radius 2 is 2.07 bits per heavy atom. The second kappa shape index (κ2) is 6.55. The second-order valence-electron chi connectivity index (χ2n) is 2.98. The zero-order chi connectivity index (χ0) is 11.9. The number of carbonyl (C=O) groups excluding carboxylic acids is 1. The van der Waals surface area contributed by atoms with Crippen LogP contribution in [0.1, 0.15) is 26.7 Å². The normalized spacial score (nSPS) is 12.6.